The Morgan fingerprint density at radius 1 is 1.06 bits per heavy atom. The molecule has 31 heavy (non-hydrogen) atoms. The lowest BCUT2D eigenvalue weighted by Gasteiger charge is -2.42. The summed E-state index contributed by atoms with van der Waals surface area (Å²) >= 11 is 1.47. The molecule has 0 spiro atoms. The molecule has 3 N–H and O–H groups in total. The van der Waals surface area contributed by atoms with Crippen LogP contribution in [0, 0.1) is 28.1 Å². The third-order valence-electron chi connectivity index (χ3n) is 5.37. The van der Waals surface area contributed by atoms with E-state index >= 15 is 0 Å². The third kappa shape index (κ3) is 3.44. The van der Waals surface area contributed by atoms with Crippen LogP contribution in [0.5, 0.6) is 0 Å². The van der Waals surface area contributed by atoms with Gasteiger partial charge in [0.1, 0.15) is 11.6 Å². The van der Waals surface area contributed by atoms with Gasteiger partial charge in [-0.05, 0) is 17.3 Å². The van der Waals surface area contributed by atoms with Crippen molar-refractivity contribution in [2.24, 2.45) is 0 Å². The number of rotatable bonds is 4. The van der Waals surface area contributed by atoms with Crippen LogP contribution < -0.4 is 9.88 Å². The van der Waals surface area contributed by atoms with E-state index in [1.54, 1.807) is 12.1 Å². The van der Waals surface area contributed by atoms with Crippen molar-refractivity contribution < 1.29 is 9.67 Å². The van der Waals surface area contributed by atoms with Gasteiger partial charge in [0.25, 0.3) is 0 Å². The second-order valence-electron chi connectivity index (χ2n) is 7.03. The molecular formula is C24H18N5OS+. The second kappa shape index (κ2) is 8.39. The molecular weight excluding hydrogens is 406 g/mol. The van der Waals surface area contributed by atoms with E-state index < -0.39 is 17.7 Å². The van der Waals surface area contributed by atoms with Crippen LogP contribution in [0.2, 0.25) is 0 Å². The van der Waals surface area contributed by atoms with Crippen LogP contribution in [-0.2, 0) is 5.72 Å². The summed E-state index contributed by atoms with van der Waals surface area (Å²) in [5.41, 5.74) is -0.826. The molecule has 0 bridgehead atoms. The molecule has 1 aliphatic rings. The molecule has 7 heteroatoms. The number of nitriles is 2. The number of hydrogen-bond donors (Lipinski definition) is 3. The largest absolute Gasteiger partial charge is 0.362 e. The van der Waals surface area contributed by atoms with Crippen molar-refractivity contribution >= 4 is 17.2 Å². The second-order valence-corrected chi connectivity index (χ2v) is 8.01. The summed E-state index contributed by atoms with van der Waals surface area (Å²) in [7, 11) is 0. The molecule has 4 rings (SSSR count). The van der Waals surface area contributed by atoms with E-state index in [4.69, 9.17) is 5.41 Å². The molecule has 0 saturated carbocycles. The van der Waals surface area contributed by atoms with Crippen LogP contribution in [0.15, 0.2) is 95.3 Å². The molecule has 0 unspecified atom stereocenters. The van der Waals surface area contributed by atoms with Gasteiger partial charge in [-0.1, -0.05) is 42.5 Å². The fraction of sp³-hybridized carbons (Fsp3) is 0.125. The van der Waals surface area contributed by atoms with E-state index in [2.05, 4.69) is 17.3 Å². The fourth-order valence-electron chi connectivity index (χ4n) is 4.04. The SMILES string of the molecule is N#CC(=C=N)C1=C(C#N)[C@@H](c2cccs2)[C@H]([n+]2ccccc2)[C@](O)(c2ccccc2)N1. The molecule has 0 aliphatic carbocycles. The maximum atomic E-state index is 12.2. The van der Waals surface area contributed by atoms with Crippen molar-refractivity contribution in [3.05, 3.63) is 106 Å². The van der Waals surface area contributed by atoms with Crippen molar-refractivity contribution in [3.8, 4) is 12.1 Å². The van der Waals surface area contributed by atoms with E-state index in [1.807, 2.05) is 76.9 Å². The van der Waals surface area contributed by atoms with Crippen LogP contribution >= 0.6 is 11.3 Å². The highest BCUT2D eigenvalue weighted by atomic mass is 32.1. The molecule has 1 aromatic carbocycles. The van der Waals surface area contributed by atoms with Gasteiger partial charge in [0, 0.05) is 22.6 Å². The van der Waals surface area contributed by atoms with Crippen LogP contribution in [0.4, 0.5) is 0 Å². The number of pyridine rings is 1. The Hall–Kier alpha value is -4.00. The Kier molecular flexibility index (Phi) is 5.49. The highest BCUT2D eigenvalue weighted by Gasteiger charge is 2.56. The molecule has 3 heterocycles. The minimum atomic E-state index is -1.67. The van der Waals surface area contributed by atoms with Gasteiger partial charge in [-0.25, -0.2) is 0 Å². The Bertz CT molecular complexity index is 1250. The van der Waals surface area contributed by atoms with Gasteiger partial charge in [-0.2, -0.15) is 15.1 Å². The molecule has 1 aliphatic heterocycles. The van der Waals surface area contributed by atoms with Crippen LogP contribution in [0.25, 0.3) is 0 Å². The van der Waals surface area contributed by atoms with E-state index in [0.717, 1.165) is 4.88 Å². The standard InChI is InChI=1S/C24H18N5OS/c25-14-17(15-26)22-19(16-27)21(20-10-7-13-31-20)23(29-11-5-2-6-12-29)24(30,28-22)18-8-3-1-4-9-18/h1-13,21,23,25,28,30H/q+1/t21-,23-,24+/m0/s1. The van der Waals surface area contributed by atoms with Gasteiger partial charge in [0.15, 0.2) is 12.4 Å². The summed E-state index contributed by atoms with van der Waals surface area (Å²) in [5, 5.41) is 44.4. The number of nitrogens with zero attached hydrogens (tertiary/aromatic N) is 3. The quantitative estimate of drug-likeness (QED) is 0.339. The first-order chi connectivity index (χ1) is 15.1. The van der Waals surface area contributed by atoms with Gasteiger partial charge in [-0.3, -0.25) is 5.41 Å². The van der Waals surface area contributed by atoms with E-state index in [0.29, 0.717) is 5.56 Å². The lowest BCUT2D eigenvalue weighted by molar-refractivity contribution is -0.743. The Morgan fingerprint density at radius 3 is 2.35 bits per heavy atom. The lowest BCUT2D eigenvalue weighted by atomic mass is 9.75. The molecule has 0 fully saturated rings. The minimum Gasteiger partial charge on any atom is -0.362 e. The van der Waals surface area contributed by atoms with Gasteiger partial charge < -0.3 is 10.4 Å². The number of nitrogens with one attached hydrogen (secondary N) is 2. The summed E-state index contributed by atoms with van der Waals surface area (Å²) in [6.45, 7) is 0. The summed E-state index contributed by atoms with van der Waals surface area (Å²) < 4.78 is 1.87. The normalized spacial score (nSPS) is 22.5. The zero-order chi connectivity index (χ0) is 21.8. The van der Waals surface area contributed by atoms with Crippen molar-refractivity contribution in [1.29, 1.82) is 15.9 Å². The van der Waals surface area contributed by atoms with Crippen molar-refractivity contribution in [2.45, 2.75) is 17.7 Å². The maximum Gasteiger partial charge on any atom is 0.227 e. The van der Waals surface area contributed by atoms with Crippen molar-refractivity contribution in [2.75, 3.05) is 0 Å². The minimum absolute atomic E-state index is 0.123. The first kappa shape index (κ1) is 20.3. The Labute approximate surface area is 183 Å². The summed E-state index contributed by atoms with van der Waals surface area (Å²) in [5.74, 6) is 1.56. The summed E-state index contributed by atoms with van der Waals surface area (Å²) in [4.78, 5) is 0.869. The Balaban J connectivity index is 2.09. The van der Waals surface area contributed by atoms with Crippen LogP contribution in [0.1, 0.15) is 22.4 Å². The number of benzene rings is 1. The number of hydrogen-bond acceptors (Lipinski definition) is 6. The Morgan fingerprint density at radius 2 is 1.77 bits per heavy atom. The highest BCUT2D eigenvalue weighted by molar-refractivity contribution is 7.10. The number of aliphatic hydroxyl groups is 1. The molecule has 6 nitrogen and oxygen atoms in total. The van der Waals surface area contributed by atoms with Crippen LogP contribution in [-0.4, -0.2) is 11.0 Å². The molecule has 0 amide bonds. The van der Waals surface area contributed by atoms with Gasteiger partial charge in [0.05, 0.1) is 23.3 Å². The number of thiophene rings is 1. The highest BCUT2D eigenvalue weighted by Crippen LogP contribution is 2.48. The van der Waals surface area contributed by atoms with Gasteiger partial charge >= 0.3 is 0 Å². The smallest absolute Gasteiger partial charge is 0.227 e. The zero-order valence-electron chi connectivity index (χ0n) is 16.4. The lowest BCUT2D eigenvalue weighted by Crippen LogP contribution is -2.62. The van der Waals surface area contributed by atoms with E-state index in [-0.39, 0.29) is 16.8 Å². The molecule has 2 aromatic heterocycles. The molecule has 150 valence electrons. The average molecular weight is 425 g/mol. The fourth-order valence-corrected chi connectivity index (χ4v) is 4.91. The topological polar surface area (TPSA) is 108 Å². The van der Waals surface area contributed by atoms with Crippen molar-refractivity contribution in [1.82, 2.24) is 5.32 Å². The van der Waals surface area contributed by atoms with E-state index in [9.17, 15) is 15.6 Å². The number of allylic oxidation sites excluding steroid dienone is 2. The molecule has 0 radical (unpaired) electrons. The molecule has 3 aromatic rings. The first-order valence-electron chi connectivity index (χ1n) is 9.53. The zero-order valence-corrected chi connectivity index (χ0v) is 17.2. The number of aromatic nitrogens is 1. The van der Waals surface area contributed by atoms with Crippen molar-refractivity contribution in [3.63, 3.8) is 0 Å². The summed E-state index contributed by atoms with van der Waals surface area (Å²) in [6.07, 6.45) is 3.69. The molecule has 3 atom stereocenters. The summed E-state index contributed by atoms with van der Waals surface area (Å²) in [6, 6.07) is 22.0. The average Bonchev–Trinajstić information content (AvgIpc) is 3.35. The maximum absolute atomic E-state index is 12.2. The third-order valence-corrected chi connectivity index (χ3v) is 6.33. The van der Waals surface area contributed by atoms with E-state index in [1.165, 1.54) is 11.3 Å². The molecule has 0 saturated heterocycles. The van der Waals surface area contributed by atoms with Crippen LogP contribution in [0.3, 0.4) is 0 Å². The predicted octanol–water partition coefficient (Wildman–Crippen LogP) is 3.29. The first-order valence-corrected chi connectivity index (χ1v) is 10.4. The van der Waals surface area contributed by atoms with Gasteiger partial charge in [-0.15, -0.1) is 11.3 Å². The predicted molar refractivity (Wildman–Crippen MR) is 116 cm³/mol. The monoisotopic (exact) mass is 424 g/mol. The van der Waals surface area contributed by atoms with Gasteiger partial charge in [0.2, 0.25) is 11.8 Å².